The van der Waals surface area contributed by atoms with Crippen molar-refractivity contribution in [3.05, 3.63) is 23.9 Å². The standard InChI is InChI=1S/C14H23N3O2S2/c1-11(2)16-9-12-4-5-15-13(8-12)17-6-7-20-10-14(17)21(3,18)19/h4-5,8,11,14,16H,6-7,9-10H2,1-3H3. The van der Waals surface area contributed by atoms with Gasteiger partial charge in [0.2, 0.25) is 0 Å². The highest BCUT2D eigenvalue weighted by atomic mass is 32.2. The first-order chi connectivity index (χ1) is 9.88. The van der Waals surface area contributed by atoms with Crippen molar-refractivity contribution in [2.45, 2.75) is 31.8 Å². The van der Waals surface area contributed by atoms with E-state index in [0.29, 0.717) is 11.8 Å². The molecule has 5 nitrogen and oxygen atoms in total. The second-order valence-corrected chi connectivity index (χ2v) is 8.96. The van der Waals surface area contributed by atoms with Gasteiger partial charge in [-0.15, -0.1) is 0 Å². The van der Waals surface area contributed by atoms with E-state index in [4.69, 9.17) is 0 Å². The number of thioether (sulfide) groups is 1. The van der Waals surface area contributed by atoms with Crippen molar-refractivity contribution in [2.24, 2.45) is 0 Å². The van der Waals surface area contributed by atoms with Crippen molar-refractivity contribution < 1.29 is 8.42 Å². The van der Waals surface area contributed by atoms with Gasteiger partial charge in [-0.2, -0.15) is 11.8 Å². The number of nitrogens with one attached hydrogen (secondary N) is 1. The Morgan fingerprint density at radius 1 is 1.52 bits per heavy atom. The molecular weight excluding hydrogens is 306 g/mol. The van der Waals surface area contributed by atoms with Crippen LogP contribution in [0.2, 0.25) is 0 Å². The summed E-state index contributed by atoms with van der Waals surface area (Å²) in [5.74, 6) is 2.30. The summed E-state index contributed by atoms with van der Waals surface area (Å²) >= 11 is 1.69. The summed E-state index contributed by atoms with van der Waals surface area (Å²) in [6.07, 6.45) is 3.06. The average Bonchev–Trinajstić information content (AvgIpc) is 2.44. The molecule has 0 aliphatic carbocycles. The lowest BCUT2D eigenvalue weighted by Gasteiger charge is -2.35. The molecule has 7 heteroatoms. The minimum absolute atomic E-state index is 0.414. The van der Waals surface area contributed by atoms with Crippen LogP contribution >= 0.6 is 11.8 Å². The Balaban J connectivity index is 2.21. The summed E-state index contributed by atoms with van der Waals surface area (Å²) in [5.41, 5.74) is 1.12. The van der Waals surface area contributed by atoms with Crippen LogP contribution in [-0.2, 0) is 16.4 Å². The molecule has 0 amide bonds. The Bertz CT molecular complexity index is 575. The van der Waals surface area contributed by atoms with Crippen LogP contribution < -0.4 is 10.2 Å². The molecule has 0 saturated carbocycles. The molecule has 118 valence electrons. The molecule has 1 aromatic heterocycles. The quantitative estimate of drug-likeness (QED) is 0.883. The second kappa shape index (κ2) is 6.98. The molecule has 21 heavy (non-hydrogen) atoms. The fourth-order valence-corrected chi connectivity index (χ4v) is 5.07. The van der Waals surface area contributed by atoms with Gasteiger partial charge in [0.15, 0.2) is 9.84 Å². The molecule has 1 fully saturated rings. The van der Waals surface area contributed by atoms with Crippen LogP contribution in [0.1, 0.15) is 19.4 Å². The number of sulfone groups is 1. The van der Waals surface area contributed by atoms with Crippen molar-refractivity contribution in [3.8, 4) is 0 Å². The third kappa shape index (κ3) is 4.59. The van der Waals surface area contributed by atoms with Crippen LogP contribution in [0, 0.1) is 0 Å². The third-order valence-electron chi connectivity index (χ3n) is 3.40. The van der Waals surface area contributed by atoms with Gasteiger partial charge in [-0.1, -0.05) is 13.8 Å². The van der Waals surface area contributed by atoms with E-state index in [-0.39, 0.29) is 0 Å². The van der Waals surface area contributed by atoms with Crippen LogP contribution in [0.15, 0.2) is 18.3 Å². The summed E-state index contributed by atoms with van der Waals surface area (Å²) < 4.78 is 23.9. The number of hydrogen-bond acceptors (Lipinski definition) is 6. The molecule has 2 rings (SSSR count). The van der Waals surface area contributed by atoms with Crippen molar-refractivity contribution in [3.63, 3.8) is 0 Å². The molecule has 1 aromatic rings. The zero-order chi connectivity index (χ0) is 15.5. The lowest BCUT2D eigenvalue weighted by molar-refractivity contribution is 0.582. The van der Waals surface area contributed by atoms with Gasteiger partial charge in [0.1, 0.15) is 11.2 Å². The van der Waals surface area contributed by atoms with E-state index in [9.17, 15) is 8.42 Å². The fourth-order valence-electron chi connectivity index (χ4n) is 2.25. The number of anilines is 1. The van der Waals surface area contributed by atoms with E-state index in [2.05, 4.69) is 24.1 Å². The number of rotatable bonds is 5. The van der Waals surface area contributed by atoms with Crippen molar-refractivity contribution in [2.75, 3.05) is 29.2 Å². The number of aromatic nitrogens is 1. The third-order valence-corrected chi connectivity index (χ3v) is 6.04. The van der Waals surface area contributed by atoms with E-state index >= 15 is 0 Å². The molecule has 1 atom stereocenters. The van der Waals surface area contributed by atoms with Gasteiger partial charge in [0, 0.05) is 43.1 Å². The van der Waals surface area contributed by atoms with Gasteiger partial charge in [0.25, 0.3) is 0 Å². The Labute approximate surface area is 131 Å². The molecule has 0 spiro atoms. The molecule has 1 N–H and O–H groups in total. The van der Waals surface area contributed by atoms with Crippen LogP contribution in [0.25, 0.3) is 0 Å². The average molecular weight is 329 g/mol. The minimum Gasteiger partial charge on any atom is -0.338 e. The molecule has 0 radical (unpaired) electrons. The summed E-state index contributed by atoms with van der Waals surface area (Å²) in [5, 5.41) is 2.89. The SMILES string of the molecule is CC(C)NCc1ccnc(N2CCSCC2S(C)(=O)=O)c1. The van der Waals surface area contributed by atoms with Gasteiger partial charge in [-0.25, -0.2) is 13.4 Å². The van der Waals surface area contributed by atoms with Crippen LogP contribution in [0.5, 0.6) is 0 Å². The highest BCUT2D eigenvalue weighted by Crippen LogP contribution is 2.25. The van der Waals surface area contributed by atoms with Crippen molar-refractivity contribution in [1.29, 1.82) is 0 Å². The molecule has 2 heterocycles. The molecular formula is C14H23N3O2S2. The number of nitrogens with zero attached hydrogens (tertiary/aromatic N) is 2. The van der Waals surface area contributed by atoms with Crippen LogP contribution in [0.4, 0.5) is 5.82 Å². The van der Waals surface area contributed by atoms with E-state index < -0.39 is 15.2 Å². The van der Waals surface area contributed by atoms with Gasteiger partial charge in [-0.3, -0.25) is 0 Å². The molecule has 1 unspecified atom stereocenters. The maximum atomic E-state index is 12.0. The zero-order valence-electron chi connectivity index (χ0n) is 12.7. The lowest BCUT2D eigenvalue weighted by atomic mass is 10.2. The Morgan fingerprint density at radius 2 is 2.29 bits per heavy atom. The lowest BCUT2D eigenvalue weighted by Crippen LogP contribution is -2.47. The summed E-state index contributed by atoms with van der Waals surface area (Å²) in [7, 11) is -3.11. The zero-order valence-corrected chi connectivity index (χ0v) is 14.4. The topological polar surface area (TPSA) is 62.3 Å². The normalized spacial score (nSPS) is 20.0. The highest BCUT2D eigenvalue weighted by molar-refractivity contribution is 8.01. The molecule has 1 saturated heterocycles. The predicted octanol–water partition coefficient (Wildman–Crippen LogP) is 1.50. The fraction of sp³-hybridized carbons (Fsp3) is 0.643. The molecule has 1 aliphatic rings. The van der Waals surface area contributed by atoms with Crippen molar-refractivity contribution >= 4 is 27.4 Å². The van der Waals surface area contributed by atoms with E-state index in [1.807, 2.05) is 17.0 Å². The minimum atomic E-state index is -3.11. The second-order valence-electron chi connectivity index (χ2n) is 5.61. The largest absolute Gasteiger partial charge is 0.338 e. The van der Waals surface area contributed by atoms with Crippen LogP contribution in [-0.4, -0.2) is 49.1 Å². The first kappa shape index (κ1) is 16.6. The van der Waals surface area contributed by atoms with Gasteiger partial charge < -0.3 is 10.2 Å². The smallest absolute Gasteiger partial charge is 0.169 e. The van der Waals surface area contributed by atoms with Gasteiger partial charge in [0.05, 0.1) is 0 Å². The highest BCUT2D eigenvalue weighted by Gasteiger charge is 2.31. The monoisotopic (exact) mass is 329 g/mol. The first-order valence-corrected chi connectivity index (χ1v) is 10.2. The summed E-state index contributed by atoms with van der Waals surface area (Å²) in [6, 6.07) is 4.37. The number of hydrogen-bond donors (Lipinski definition) is 1. The maximum absolute atomic E-state index is 12.0. The summed E-state index contributed by atoms with van der Waals surface area (Å²) in [4.78, 5) is 6.30. The molecule has 1 aliphatic heterocycles. The van der Waals surface area contributed by atoms with Crippen molar-refractivity contribution in [1.82, 2.24) is 10.3 Å². The molecule has 0 bridgehead atoms. The van der Waals surface area contributed by atoms with E-state index in [1.165, 1.54) is 6.26 Å². The summed E-state index contributed by atoms with van der Waals surface area (Å²) in [6.45, 7) is 5.68. The van der Waals surface area contributed by atoms with Crippen LogP contribution in [0.3, 0.4) is 0 Å². The molecule has 0 aromatic carbocycles. The Kier molecular flexibility index (Phi) is 5.51. The van der Waals surface area contributed by atoms with E-state index in [1.54, 1.807) is 18.0 Å². The van der Waals surface area contributed by atoms with Gasteiger partial charge in [-0.05, 0) is 17.7 Å². The first-order valence-electron chi connectivity index (χ1n) is 7.09. The van der Waals surface area contributed by atoms with E-state index in [0.717, 1.165) is 30.2 Å². The van der Waals surface area contributed by atoms with Gasteiger partial charge >= 0.3 is 0 Å². The Morgan fingerprint density at radius 3 is 2.95 bits per heavy atom. The Hall–Kier alpha value is -0.790. The maximum Gasteiger partial charge on any atom is 0.169 e. The number of pyridine rings is 1. The predicted molar refractivity (Wildman–Crippen MR) is 89.5 cm³/mol.